The first kappa shape index (κ1) is 16.0. The highest BCUT2D eigenvalue weighted by Crippen LogP contribution is 2.21. The Labute approximate surface area is 140 Å². The maximum Gasteiger partial charge on any atom is 0.412 e. The fraction of sp³-hybridized carbons (Fsp3) is 0.353. The summed E-state index contributed by atoms with van der Waals surface area (Å²) in [4.78, 5) is 20.2. The van der Waals surface area contributed by atoms with Crippen LogP contribution in [0.2, 0.25) is 0 Å². The van der Waals surface area contributed by atoms with Crippen molar-refractivity contribution >= 4 is 17.9 Å². The predicted molar refractivity (Wildman–Crippen MR) is 91.7 cm³/mol. The molecule has 1 aromatic heterocycles. The zero-order valence-electron chi connectivity index (χ0n) is 13.3. The van der Waals surface area contributed by atoms with Crippen LogP contribution in [0.1, 0.15) is 25.7 Å². The van der Waals surface area contributed by atoms with Crippen LogP contribution in [-0.2, 0) is 0 Å². The van der Waals surface area contributed by atoms with E-state index < -0.39 is 6.09 Å². The molecule has 1 aliphatic rings. The van der Waals surface area contributed by atoms with Crippen LogP contribution < -0.4 is 21.1 Å². The van der Waals surface area contributed by atoms with E-state index in [2.05, 4.69) is 20.6 Å². The number of nitrogens with two attached hydrogens (primary N) is 1. The topological polar surface area (TPSA) is 102 Å². The molecule has 3 rings (SSSR count). The molecule has 1 fully saturated rings. The molecule has 0 spiro atoms. The van der Waals surface area contributed by atoms with Crippen LogP contribution >= 0.6 is 0 Å². The van der Waals surface area contributed by atoms with E-state index in [9.17, 15) is 4.79 Å². The van der Waals surface area contributed by atoms with Gasteiger partial charge in [0, 0.05) is 18.3 Å². The van der Waals surface area contributed by atoms with Gasteiger partial charge in [-0.25, -0.2) is 9.78 Å². The van der Waals surface area contributed by atoms with Crippen LogP contribution in [0, 0.1) is 0 Å². The zero-order valence-corrected chi connectivity index (χ0v) is 13.3. The van der Waals surface area contributed by atoms with Crippen molar-refractivity contribution in [1.29, 1.82) is 0 Å². The van der Waals surface area contributed by atoms with Gasteiger partial charge >= 0.3 is 6.09 Å². The lowest BCUT2D eigenvalue weighted by Gasteiger charge is -2.29. The highest BCUT2D eigenvalue weighted by Gasteiger charge is 2.23. The van der Waals surface area contributed by atoms with Gasteiger partial charge in [-0.05, 0) is 43.9 Å². The van der Waals surface area contributed by atoms with Gasteiger partial charge in [0.1, 0.15) is 11.6 Å². The Hall–Kier alpha value is -2.83. The molecule has 1 saturated carbocycles. The van der Waals surface area contributed by atoms with Crippen LogP contribution in [0.5, 0.6) is 5.75 Å². The number of anilines is 2. The summed E-state index contributed by atoms with van der Waals surface area (Å²) in [5, 5.41) is 6.21. The summed E-state index contributed by atoms with van der Waals surface area (Å²) in [5.41, 5.74) is 5.65. The predicted octanol–water partition coefficient (Wildman–Crippen LogP) is 2.57. The van der Waals surface area contributed by atoms with Gasteiger partial charge in [-0.1, -0.05) is 18.2 Å². The quantitative estimate of drug-likeness (QED) is 0.797. The highest BCUT2D eigenvalue weighted by molar-refractivity contribution is 5.70. The second kappa shape index (κ2) is 7.63. The minimum atomic E-state index is -0.406. The fourth-order valence-corrected chi connectivity index (χ4v) is 2.80. The zero-order chi connectivity index (χ0) is 16.8. The van der Waals surface area contributed by atoms with E-state index in [1.165, 1.54) is 0 Å². The van der Waals surface area contributed by atoms with Gasteiger partial charge < -0.3 is 21.1 Å². The summed E-state index contributed by atoms with van der Waals surface area (Å²) < 4.78 is 5.25. The summed E-state index contributed by atoms with van der Waals surface area (Å²) in [6.45, 7) is 0. The second-order valence-electron chi connectivity index (χ2n) is 5.84. The second-order valence-corrected chi connectivity index (χ2v) is 5.84. The standard InChI is InChI=1S/C17H21N5O2/c18-15-10-11-19-16(22-15)20-12-6-8-13(9-7-12)21-17(23)24-14-4-2-1-3-5-14/h1-5,10-13H,6-9H2,(H,21,23)(H3,18,19,20,22)/t12-,13-. The summed E-state index contributed by atoms with van der Waals surface area (Å²) in [5.74, 6) is 1.55. The molecular weight excluding hydrogens is 306 g/mol. The van der Waals surface area contributed by atoms with Crippen LogP contribution in [0.15, 0.2) is 42.6 Å². The summed E-state index contributed by atoms with van der Waals surface area (Å²) in [7, 11) is 0. The Morgan fingerprint density at radius 2 is 1.79 bits per heavy atom. The van der Waals surface area contributed by atoms with E-state index in [-0.39, 0.29) is 12.1 Å². The number of ether oxygens (including phenoxy) is 1. The molecule has 2 aromatic rings. The number of hydrogen-bond acceptors (Lipinski definition) is 6. The minimum Gasteiger partial charge on any atom is -0.410 e. The molecule has 1 aliphatic carbocycles. The molecular formula is C17H21N5O2. The van der Waals surface area contributed by atoms with Gasteiger partial charge in [-0.3, -0.25) is 0 Å². The summed E-state index contributed by atoms with van der Waals surface area (Å²) in [6, 6.07) is 11.1. The van der Waals surface area contributed by atoms with Gasteiger partial charge in [0.2, 0.25) is 5.95 Å². The summed E-state index contributed by atoms with van der Waals surface area (Å²) in [6.07, 6.45) is 4.84. The van der Waals surface area contributed by atoms with Crippen molar-refractivity contribution in [3.63, 3.8) is 0 Å². The number of carbonyl (C=O) groups is 1. The average Bonchev–Trinajstić information content (AvgIpc) is 2.57. The minimum absolute atomic E-state index is 0.126. The number of para-hydroxylation sites is 1. The van der Waals surface area contributed by atoms with Gasteiger partial charge in [0.15, 0.2) is 0 Å². The molecule has 24 heavy (non-hydrogen) atoms. The van der Waals surface area contributed by atoms with Crippen molar-refractivity contribution in [3.8, 4) is 5.75 Å². The molecule has 7 nitrogen and oxygen atoms in total. The Morgan fingerprint density at radius 3 is 2.50 bits per heavy atom. The number of nitrogen functional groups attached to an aromatic ring is 1. The first-order chi connectivity index (χ1) is 11.7. The van der Waals surface area contributed by atoms with Gasteiger partial charge in [-0.15, -0.1) is 0 Å². The normalized spacial score (nSPS) is 20.2. The SMILES string of the molecule is Nc1ccnc(N[C@H]2CC[C@H](NC(=O)Oc3ccccc3)CC2)n1. The Morgan fingerprint density at radius 1 is 1.08 bits per heavy atom. The molecule has 126 valence electrons. The van der Waals surface area contributed by atoms with Gasteiger partial charge in [0.25, 0.3) is 0 Å². The molecule has 0 atom stereocenters. The lowest BCUT2D eigenvalue weighted by atomic mass is 9.91. The third-order valence-corrected chi connectivity index (χ3v) is 4.01. The smallest absolute Gasteiger partial charge is 0.410 e. The fourth-order valence-electron chi connectivity index (χ4n) is 2.80. The molecule has 1 amide bonds. The lowest BCUT2D eigenvalue weighted by molar-refractivity contribution is 0.191. The molecule has 1 aromatic carbocycles. The third-order valence-electron chi connectivity index (χ3n) is 4.01. The number of amides is 1. The Bertz CT molecular complexity index is 672. The number of hydrogen-bond donors (Lipinski definition) is 3. The molecule has 4 N–H and O–H groups in total. The maximum absolute atomic E-state index is 11.9. The molecule has 7 heteroatoms. The van der Waals surface area contributed by atoms with E-state index in [1.54, 1.807) is 24.4 Å². The molecule has 0 aliphatic heterocycles. The van der Waals surface area contributed by atoms with E-state index in [1.807, 2.05) is 18.2 Å². The number of nitrogens with one attached hydrogen (secondary N) is 2. The first-order valence-electron chi connectivity index (χ1n) is 8.07. The maximum atomic E-state index is 11.9. The monoisotopic (exact) mass is 327 g/mol. The Kier molecular flexibility index (Phi) is 5.10. The number of carbonyl (C=O) groups excluding carboxylic acids is 1. The van der Waals surface area contributed by atoms with Crippen LogP contribution in [-0.4, -0.2) is 28.1 Å². The highest BCUT2D eigenvalue weighted by atomic mass is 16.6. The van der Waals surface area contributed by atoms with Crippen LogP contribution in [0.25, 0.3) is 0 Å². The third kappa shape index (κ3) is 4.58. The molecule has 0 bridgehead atoms. The van der Waals surface area contributed by atoms with Crippen molar-refractivity contribution < 1.29 is 9.53 Å². The van der Waals surface area contributed by atoms with Crippen molar-refractivity contribution in [2.24, 2.45) is 0 Å². The first-order valence-corrected chi connectivity index (χ1v) is 8.07. The average molecular weight is 327 g/mol. The van der Waals surface area contributed by atoms with Crippen molar-refractivity contribution in [2.45, 2.75) is 37.8 Å². The number of benzene rings is 1. The number of aromatic nitrogens is 2. The van der Waals surface area contributed by atoms with E-state index >= 15 is 0 Å². The number of rotatable bonds is 4. The van der Waals surface area contributed by atoms with E-state index in [0.29, 0.717) is 17.5 Å². The van der Waals surface area contributed by atoms with Gasteiger partial charge in [0.05, 0.1) is 0 Å². The van der Waals surface area contributed by atoms with Crippen molar-refractivity contribution in [1.82, 2.24) is 15.3 Å². The van der Waals surface area contributed by atoms with E-state index in [0.717, 1.165) is 25.7 Å². The summed E-state index contributed by atoms with van der Waals surface area (Å²) >= 11 is 0. The van der Waals surface area contributed by atoms with Gasteiger partial charge in [-0.2, -0.15) is 4.98 Å². The number of nitrogens with zero attached hydrogens (tertiary/aromatic N) is 2. The van der Waals surface area contributed by atoms with E-state index in [4.69, 9.17) is 10.5 Å². The molecule has 0 radical (unpaired) electrons. The van der Waals surface area contributed by atoms with Crippen molar-refractivity contribution in [3.05, 3.63) is 42.6 Å². The largest absolute Gasteiger partial charge is 0.412 e. The van der Waals surface area contributed by atoms with Crippen LogP contribution in [0.4, 0.5) is 16.6 Å². The molecule has 0 unspecified atom stereocenters. The lowest BCUT2D eigenvalue weighted by Crippen LogP contribution is -2.41. The van der Waals surface area contributed by atoms with Crippen LogP contribution in [0.3, 0.4) is 0 Å². The Balaban J connectivity index is 1.42. The molecule has 1 heterocycles. The molecule has 0 saturated heterocycles. The van der Waals surface area contributed by atoms with Crippen molar-refractivity contribution in [2.75, 3.05) is 11.1 Å².